The zero-order valence-electron chi connectivity index (χ0n) is 12.2. The Morgan fingerprint density at radius 3 is 2.82 bits per heavy atom. The van der Waals surface area contributed by atoms with E-state index in [4.69, 9.17) is 4.42 Å². The van der Waals surface area contributed by atoms with Crippen LogP contribution in [0.2, 0.25) is 0 Å². The van der Waals surface area contributed by atoms with Crippen LogP contribution in [0.1, 0.15) is 24.4 Å². The van der Waals surface area contributed by atoms with E-state index in [1.165, 1.54) is 6.07 Å². The fourth-order valence-electron chi connectivity index (χ4n) is 2.47. The van der Waals surface area contributed by atoms with Gasteiger partial charge in [-0.25, -0.2) is 4.98 Å². The normalized spacial score (nSPS) is 12.3. The van der Waals surface area contributed by atoms with E-state index < -0.39 is 4.92 Å². The van der Waals surface area contributed by atoms with Gasteiger partial charge in [0.1, 0.15) is 5.76 Å². The van der Waals surface area contributed by atoms with Crippen LogP contribution in [0, 0.1) is 17.0 Å². The van der Waals surface area contributed by atoms with E-state index in [-0.39, 0.29) is 11.7 Å². The summed E-state index contributed by atoms with van der Waals surface area (Å²) in [6, 6.07) is 10.5. The van der Waals surface area contributed by atoms with Gasteiger partial charge in [0.2, 0.25) is 0 Å². The number of fused-ring (bicyclic) bond motifs is 1. The van der Waals surface area contributed by atoms with Crippen molar-refractivity contribution in [2.24, 2.45) is 0 Å². The molecule has 2 heterocycles. The third-order valence-electron chi connectivity index (χ3n) is 3.48. The van der Waals surface area contributed by atoms with Crippen molar-refractivity contribution in [1.82, 2.24) is 4.98 Å². The van der Waals surface area contributed by atoms with E-state index in [0.717, 1.165) is 22.5 Å². The van der Waals surface area contributed by atoms with Gasteiger partial charge in [0.05, 0.1) is 17.2 Å². The van der Waals surface area contributed by atoms with Gasteiger partial charge in [0.15, 0.2) is 5.52 Å². The number of nitro groups is 1. The Kier molecular flexibility index (Phi) is 3.50. The van der Waals surface area contributed by atoms with Gasteiger partial charge in [-0.15, -0.1) is 0 Å². The fourth-order valence-corrected chi connectivity index (χ4v) is 2.47. The van der Waals surface area contributed by atoms with Crippen molar-refractivity contribution in [2.45, 2.75) is 19.9 Å². The maximum absolute atomic E-state index is 11.2. The van der Waals surface area contributed by atoms with E-state index in [1.807, 2.05) is 38.1 Å². The summed E-state index contributed by atoms with van der Waals surface area (Å²) in [7, 11) is 0. The Labute approximate surface area is 126 Å². The minimum absolute atomic E-state index is 0.00917. The molecule has 3 aromatic rings. The number of aromatic nitrogens is 1. The molecule has 112 valence electrons. The summed E-state index contributed by atoms with van der Waals surface area (Å²) in [5.41, 5.74) is 1.92. The highest BCUT2D eigenvalue weighted by atomic mass is 16.6. The Balaban J connectivity index is 2.09. The van der Waals surface area contributed by atoms with Crippen LogP contribution in [0.4, 0.5) is 11.4 Å². The number of non-ortho nitro benzene ring substituents is 1. The monoisotopic (exact) mass is 297 g/mol. The molecule has 0 saturated carbocycles. The van der Waals surface area contributed by atoms with Crippen LogP contribution >= 0.6 is 0 Å². The summed E-state index contributed by atoms with van der Waals surface area (Å²) in [4.78, 5) is 15.1. The molecule has 0 amide bonds. The Morgan fingerprint density at radius 2 is 2.14 bits per heavy atom. The quantitative estimate of drug-likeness (QED) is 0.576. The van der Waals surface area contributed by atoms with E-state index in [0.29, 0.717) is 5.52 Å². The maximum Gasteiger partial charge on any atom is 0.295 e. The number of aryl methyl sites for hydroxylation is 1. The molecule has 0 saturated heterocycles. The maximum atomic E-state index is 11.2. The van der Waals surface area contributed by atoms with Crippen LogP contribution in [0.5, 0.6) is 0 Å². The van der Waals surface area contributed by atoms with Gasteiger partial charge in [-0.05, 0) is 32.0 Å². The molecule has 1 atom stereocenters. The van der Waals surface area contributed by atoms with E-state index >= 15 is 0 Å². The molecule has 1 N–H and O–H groups in total. The van der Waals surface area contributed by atoms with Crippen molar-refractivity contribution in [3.8, 4) is 0 Å². The lowest BCUT2D eigenvalue weighted by atomic mass is 10.1. The third-order valence-corrected chi connectivity index (χ3v) is 3.48. The number of nitrogens with one attached hydrogen (secondary N) is 1. The minimum atomic E-state index is -0.408. The van der Waals surface area contributed by atoms with Gasteiger partial charge < -0.3 is 9.73 Å². The fraction of sp³-hybridized carbons (Fsp3) is 0.188. The molecule has 0 fully saturated rings. The lowest BCUT2D eigenvalue weighted by molar-refractivity contribution is -0.383. The molecule has 3 rings (SSSR count). The highest BCUT2D eigenvalue weighted by Crippen LogP contribution is 2.31. The molecule has 0 aliphatic rings. The SMILES string of the molecule is Cc1cc(NC(C)c2ccco2)c2cccc([N+](=O)[O-])c2n1. The molecule has 0 radical (unpaired) electrons. The first kappa shape index (κ1) is 14.1. The molecule has 0 aliphatic heterocycles. The molecule has 0 bridgehead atoms. The Morgan fingerprint density at radius 1 is 1.32 bits per heavy atom. The van der Waals surface area contributed by atoms with Gasteiger partial charge in [-0.3, -0.25) is 10.1 Å². The van der Waals surface area contributed by atoms with Crippen LogP contribution in [-0.4, -0.2) is 9.91 Å². The highest BCUT2D eigenvalue weighted by Gasteiger charge is 2.17. The second kappa shape index (κ2) is 5.48. The average Bonchev–Trinajstić information content (AvgIpc) is 3.00. The summed E-state index contributed by atoms with van der Waals surface area (Å²) in [6.45, 7) is 3.79. The van der Waals surface area contributed by atoms with Crippen LogP contribution in [0.3, 0.4) is 0 Å². The summed E-state index contributed by atoms with van der Waals surface area (Å²) < 4.78 is 5.39. The topological polar surface area (TPSA) is 81.2 Å². The lowest BCUT2D eigenvalue weighted by Gasteiger charge is -2.15. The summed E-state index contributed by atoms with van der Waals surface area (Å²) in [5, 5.41) is 15.2. The van der Waals surface area contributed by atoms with Crippen LogP contribution in [-0.2, 0) is 0 Å². The molecule has 6 heteroatoms. The highest BCUT2D eigenvalue weighted by molar-refractivity contribution is 5.96. The largest absolute Gasteiger partial charge is 0.467 e. The van der Waals surface area contributed by atoms with E-state index in [9.17, 15) is 10.1 Å². The van der Waals surface area contributed by atoms with Crippen molar-refractivity contribution in [3.05, 3.63) is 64.2 Å². The van der Waals surface area contributed by atoms with Crippen molar-refractivity contribution in [1.29, 1.82) is 0 Å². The van der Waals surface area contributed by atoms with Crippen LogP contribution < -0.4 is 5.32 Å². The number of para-hydroxylation sites is 1. The molecular formula is C16H15N3O3. The van der Waals surface area contributed by atoms with Crippen LogP contribution in [0.15, 0.2) is 47.1 Å². The molecular weight excluding hydrogens is 282 g/mol. The van der Waals surface area contributed by atoms with Gasteiger partial charge in [0.25, 0.3) is 5.69 Å². The number of hydrogen-bond donors (Lipinski definition) is 1. The number of furan rings is 1. The first-order valence-electron chi connectivity index (χ1n) is 6.91. The molecule has 2 aromatic heterocycles. The predicted molar refractivity (Wildman–Crippen MR) is 83.9 cm³/mol. The zero-order chi connectivity index (χ0) is 15.7. The average molecular weight is 297 g/mol. The smallest absolute Gasteiger partial charge is 0.295 e. The second-order valence-corrected chi connectivity index (χ2v) is 5.12. The lowest BCUT2D eigenvalue weighted by Crippen LogP contribution is -2.07. The standard InChI is InChI=1S/C16H15N3O3/c1-10-9-13(18-11(2)15-7-4-8-22-15)12-5-3-6-14(19(20)21)16(12)17-10/h3-9,11H,1-2H3,(H,17,18). The molecule has 0 spiro atoms. The Bertz CT molecular complexity index is 828. The minimum Gasteiger partial charge on any atom is -0.467 e. The molecule has 22 heavy (non-hydrogen) atoms. The van der Waals surface area contributed by atoms with Crippen molar-refractivity contribution in [2.75, 3.05) is 5.32 Å². The number of anilines is 1. The van der Waals surface area contributed by atoms with Gasteiger partial charge in [-0.2, -0.15) is 0 Å². The van der Waals surface area contributed by atoms with Crippen LogP contribution in [0.25, 0.3) is 10.9 Å². The first-order chi connectivity index (χ1) is 10.6. The summed E-state index contributed by atoms with van der Waals surface area (Å²) in [5.74, 6) is 0.799. The summed E-state index contributed by atoms with van der Waals surface area (Å²) in [6.07, 6.45) is 1.62. The molecule has 1 unspecified atom stereocenters. The third kappa shape index (κ3) is 2.50. The second-order valence-electron chi connectivity index (χ2n) is 5.12. The number of benzene rings is 1. The molecule has 6 nitrogen and oxygen atoms in total. The Hall–Kier alpha value is -2.89. The number of nitrogens with zero attached hydrogens (tertiary/aromatic N) is 2. The summed E-state index contributed by atoms with van der Waals surface area (Å²) >= 11 is 0. The van der Waals surface area contributed by atoms with Gasteiger partial charge in [0, 0.05) is 22.8 Å². The van der Waals surface area contributed by atoms with E-state index in [1.54, 1.807) is 12.3 Å². The molecule has 1 aromatic carbocycles. The number of hydrogen-bond acceptors (Lipinski definition) is 5. The number of pyridine rings is 1. The number of nitro benzene ring substituents is 1. The van der Waals surface area contributed by atoms with Gasteiger partial charge in [-0.1, -0.05) is 12.1 Å². The van der Waals surface area contributed by atoms with Crippen molar-refractivity contribution >= 4 is 22.3 Å². The predicted octanol–water partition coefficient (Wildman–Crippen LogP) is 4.22. The van der Waals surface area contributed by atoms with Crippen molar-refractivity contribution in [3.63, 3.8) is 0 Å². The van der Waals surface area contributed by atoms with Crippen molar-refractivity contribution < 1.29 is 9.34 Å². The van der Waals surface area contributed by atoms with E-state index in [2.05, 4.69) is 10.3 Å². The van der Waals surface area contributed by atoms with Gasteiger partial charge >= 0.3 is 0 Å². The zero-order valence-corrected chi connectivity index (χ0v) is 12.2. The molecule has 0 aliphatic carbocycles. The first-order valence-corrected chi connectivity index (χ1v) is 6.91. The number of rotatable bonds is 4.